The number of nitrogens with two attached hydrogens (primary N) is 1. The molecular weight excluding hydrogens is 342 g/mol. The van der Waals surface area contributed by atoms with E-state index >= 15 is 0 Å². The number of benzene rings is 1. The molecule has 1 aromatic rings. The van der Waals surface area contributed by atoms with E-state index in [2.05, 4.69) is 5.32 Å². The van der Waals surface area contributed by atoms with Gasteiger partial charge in [-0.15, -0.1) is 12.4 Å². The van der Waals surface area contributed by atoms with Gasteiger partial charge in [0.2, 0.25) is 11.8 Å². The molecule has 1 atom stereocenters. The number of piperidine rings is 1. The fraction of sp³-hybridized carbons (Fsp3) is 0.556. The summed E-state index contributed by atoms with van der Waals surface area (Å²) in [6, 6.07) is 6.87. The van der Waals surface area contributed by atoms with Crippen LogP contribution in [0.2, 0.25) is 0 Å². The van der Waals surface area contributed by atoms with E-state index in [1.807, 2.05) is 38.1 Å². The second-order valence-corrected chi connectivity index (χ2v) is 6.56. The van der Waals surface area contributed by atoms with Crippen LogP contribution in [0, 0.1) is 11.8 Å². The van der Waals surface area contributed by atoms with E-state index in [4.69, 9.17) is 10.5 Å². The minimum atomic E-state index is -0.469. The zero-order valence-electron chi connectivity index (χ0n) is 15.0. The third kappa shape index (κ3) is 5.34. The Morgan fingerprint density at radius 1 is 1.24 bits per heavy atom. The van der Waals surface area contributed by atoms with Crippen molar-refractivity contribution in [3.63, 3.8) is 0 Å². The van der Waals surface area contributed by atoms with Gasteiger partial charge < -0.3 is 20.7 Å². The van der Waals surface area contributed by atoms with Crippen LogP contribution in [0.1, 0.15) is 26.7 Å². The summed E-state index contributed by atoms with van der Waals surface area (Å²) in [6.45, 7) is 5.03. The molecular formula is C18H28ClN3O3. The third-order valence-corrected chi connectivity index (χ3v) is 4.55. The highest BCUT2D eigenvalue weighted by molar-refractivity contribution is 5.94. The molecule has 0 saturated carbocycles. The van der Waals surface area contributed by atoms with Gasteiger partial charge in [0, 0.05) is 19.0 Å². The van der Waals surface area contributed by atoms with Crippen LogP contribution in [0.4, 0.5) is 5.69 Å². The lowest BCUT2D eigenvalue weighted by Crippen LogP contribution is -2.50. The average molecular weight is 370 g/mol. The Morgan fingerprint density at radius 2 is 1.84 bits per heavy atom. The first kappa shape index (κ1) is 21.3. The van der Waals surface area contributed by atoms with Crippen LogP contribution in [0.5, 0.6) is 5.75 Å². The Balaban J connectivity index is 0.00000312. The lowest BCUT2D eigenvalue weighted by Gasteiger charge is -2.33. The number of hydrogen-bond donors (Lipinski definition) is 2. The summed E-state index contributed by atoms with van der Waals surface area (Å²) in [6.07, 6.45) is 1.30. The molecule has 6 nitrogen and oxygen atoms in total. The average Bonchev–Trinajstić information content (AvgIpc) is 2.60. The van der Waals surface area contributed by atoms with Gasteiger partial charge in [0.25, 0.3) is 0 Å². The number of amides is 2. The van der Waals surface area contributed by atoms with Gasteiger partial charge in [0.1, 0.15) is 5.75 Å². The summed E-state index contributed by atoms with van der Waals surface area (Å²) >= 11 is 0. The summed E-state index contributed by atoms with van der Waals surface area (Å²) < 4.78 is 5.25. The molecule has 1 aromatic carbocycles. The molecule has 3 N–H and O–H groups in total. The van der Waals surface area contributed by atoms with E-state index in [9.17, 15) is 9.59 Å². The van der Waals surface area contributed by atoms with Crippen LogP contribution in [0.3, 0.4) is 0 Å². The Kier molecular flexibility index (Phi) is 8.19. The van der Waals surface area contributed by atoms with Gasteiger partial charge in [-0.25, -0.2) is 0 Å². The van der Waals surface area contributed by atoms with Crippen LogP contribution in [0.25, 0.3) is 0 Å². The highest BCUT2D eigenvalue weighted by Crippen LogP contribution is 2.26. The van der Waals surface area contributed by atoms with Gasteiger partial charge in [-0.05, 0) is 30.9 Å². The molecule has 25 heavy (non-hydrogen) atoms. The molecule has 0 radical (unpaired) electrons. The second kappa shape index (κ2) is 9.63. The van der Waals surface area contributed by atoms with E-state index in [1.54, 1.807) is 12.0 Å². The fourth-order valence-electron chi connectivity index (χ4n) is 2.84. The first-order valence-corrected chi connectivity index (χ1v) is 8.42. The molecule has 0 aromatic heterocycles. The van der Waals surface area contributed by atoms with Crippen LogP contribution in [0.15, 0.2) is 24.3 Å². The van der Waals surface area contributed by atoms with Crippen molar-refractivity contribution < 1.29 is 14.3 Å². The number of methoxy groups -OCH3 is 1. The summed E-state index contributed by atoms with van der Waals surface area (Å²) in [5.41, 5.74) is 6.61. The number of para-hydroxylation sites is 2. The quantitative estimate of drug-likeness (QED) is 0.833. The lowest BCUT2D eigenvalue weighted by molar-refractivity contribution is -0.136. The molecule has 0 aliphatic carbocycles. The predicted molar refractivity (Wildman–Crippen MR) is 101 cm³/mol. The number of carbonyl (C=O) groups is 2. The molecule has 0 spiro atoms. The van der Waals surface area contributed by atoms with Gasteiger partial charge in [-0.1, -0.05) is 26.0 Å². The topological polar surface area (TPSA) is 84.7 Å². The van der Waals surface area contributed by atoms with Crippen molar-refractivity contribution in [2.45, 2.75) is 32.7 Å². The fourth-order valence-corrected chi connectivity index (χ4v) is 2.84. The Morgan fingerprint density at radius 3 is 2.40 bits per heavy atom. The van der Waals surface area contributed by atoms with Gasteiger partial charge in [0.15, 0.2) is 0 Å². The number of carbonyl (C=O) groups excluding carboxylic acids is 2. The number of hydrogen-bond acceptors (Lipinski definition) is 4. The number of halogens is 1. The number of ether oxygens (including phenoxy) is 1. The monoisotopic (exact) mass is 369 g/mol. The SMILES string of the molecule is COc1ccccc1NC(=O)C1CCN(C(=O)[C@@H](N)C(C)C)CC1.Cl. The lowest BCUT2D eigenvalue weighted by atomic mass is 9.94. The first-order valence-electron chi connectivity index (χ1n) is 8.42. The zero-order chi connectivity index (χ0) is 17.7. The van der Waals surface area contributed by atoms with E-state index in [-0.39, 0.29) is 36.1 Å². The minimum Gasteiger partial charge on any atom is -0.495 e. The molecule has 7 heteroatoms. The van der Waals surface area contributed by atoms with E-state index < -0.39 is 6.04 Å². The molecule has 1 heterocycles. The molecule has 1 fully saturated rings. The van der Waals surface area contributed by atoms with E-state index in [1.165, 1.54) is 0 Å². The normalized spacial score (nSPS) is 16.1. The largest absolute Gasteiger partial charge is 0.495 e. The standard InChI is InChI=1S/C18H27N3O3.ClH/c1-12(2)16(19)18(23)21-10-8-13(9-11-21)17(22)20-14-6-4-5-7-15(14)24-3;/h4-7,12-13,16H,8-11,19H2,1-3H3,(H,20,22);1H/t16-;/m0./s1. The maximum Gasteiger partial charge on any atom is 0.239 e. The summed E-state index contributed by atoms with van der Waals surface area (Å²) in [5, 5.41) is 2.92. The number of nitrogens with zero attached hydrogens (tertiary/aromatic N) is 1. The van der Waals surface area contributed by atoms with Crippen molar-refractivity contribution in [3.8, 4) is 5.75 Å². The maximum atomic E-state index is 12.5. The summed E-state index contributed by atoms with van der Waals surface area (Å²) in [4.78, 5) is 26.5. The molecule has 140 valence electrons. The van der Waals surface area contributed by atoms with Crippen molar-refractivity contribution in [2.75, 3.05) is 25.5 Å². The highest BCUT2D eigenvalue weighted by atomic mass is 35.5. The number of likely N-dealkylation sites (tertiary alicyclic amines) is 1. The molecule has 1 aliphatic rings. The van der Waals surface area contributed by atoms with Gasteiger partial charge in [-0.3, -0.25) is 9.59 Å². The molecule has 1 aliphatic heterocycles. The minimum absolute atomic E-state index is 0. The van der Waals surface area contributed by atoms with Crippen LogP contribution in [-0.4, -0.2) is 43.0 Å². The second-order valence-electron chi connectivity index (χ2n) is 6.56. The van der Waals surface area contributed by atoms with Crippen molar-refractivity contribution in [1.29, 1.82) is 0 Å². The Labute approximate surface area is 155 Å². The van der Waals surface area contributed by atoms with Crippen molar-refractivity contribution in [1.82, 2.24) is 4.90 Å². The number of nitrogens with one attached hydrogen (secondary N) is 1. The predicted octanol–water partition coefficient (Wildman–Crippen LogP) is 2.28. The van der Waals surface area contributed by atoms with Gasteiger partial charge >= 0.3 is 0 Å². The summed E-state index contributed by atoms with van der Waals surface area (Å²) in [7, 11) is 1.58. The van der Waals surface area contributed by atoms with Crippen molar-refractivity contribution >= 4 is 29.9 Å². The molecule has 2 rings (SSSR count). The molecule has 1 saturated heterocycles. The van der Waals surface area contributed by atoms with Gasteiger partial charge in [0.05, 0.1) is 18.8 Å². The van der Waals surface area contributed by atoms with Crippen LogP contribution < -0.4 is 15.8 Å². The Hall–Kier alpha value is -1.79. The maximum absolute atomic E-state index is 12.5. The van der Waals surface area contributed by atoms with Crippen molar-refractivity contribution in [3.05, 3.63) is 24.3 Å². The zero-order valence-corrected chi connectivity index (χ0v) is 15.8. The van der Waals surface area contributed by atoms with Gasteiger partial charge in [-0.2, -0.15) is 0 Å². The smallest absolute Gasteiger partial charge is 0.239 e. The summed E-state index contributed by atoms with van der Waals surface area (Å²) in [5.74, 6) is 0.605. The Bertz CT molecular complexity index is 587. The molecule has 2 amide bonds. The number of anilines is 1. The van der Waals surface area contributed by atoms with E-state index in [0.29, 0.717) is 37.4 Å². The molecule has 0 unspecified atom stereocenters. The van der Waals surface area contributed by atoms with Crippen molar-refractivity contribution in [2.24, 2.45) is 17.6 Å². The molecule has 0 bridgehead atoms. The van der Waals surface area contributed by atoms with Crippen LogP contribution >= 0.6 is 12.4 Å². The first-order chi connectivity index (χ1) is 11.4. The third-order valence-electron chi connectivity index (χ3n) is 4.55. The van der Waals surface area contributed by atoms with E-state index in [0.717, 1.165) is 0 Å². The van der Waals surface area contributed by atoms with Crippen LogP contribution in [-0.2, 0) is 9.59 Å². The highest BCUT2D eigenvalue weighted by Gasteiger charge is 2.30. The number of rotatable bonds is 5.